The van der Waals surface area contributed by atoms with Gasteiger partial charge in [0.2, 0.25) is 17.7 Å². The average Bonchev–Trinajstić information content (AvgIpc) is 1.54. The normalized spacial score (nSPS) is 12.4. The third-order valence-corrected chi connectivity index (χ3v) is 18.0. The van der Waals surface area contributed by atoms with Crippen molar-refractivity contribution in [1.29, 1.82) is 0 Å². The lowest BCUT2D eigenvalue weighted by Gasteiger charge is -2.24. The van der Waals surface area contributed by atoms with Crippen LogP contribution in [-0.4, -0.2) is 220 Å². The quantitative estimate of drug-likeness (QED) is 0.0241. The van der Waals surface area contributed by atoms with E-state index in [-0.39, 0.29) is 90.1 Å². The van der Waals surface area contributed by atoms with E-state index in [1.807, 2.05) is 103 Å². The zero-order chi connectivity index (χ0) is 82.5. The second-order valence-electron chi connectivity index (χ2n) is 28.8. The topological polar surface area (TPSA) is 336 Å². The van der Waals surface area contributed by atoms with Crippen molar-refractivity contribution in [2.75, 3.05) is 105 Å². The molecule has 0 aliphatic rings. The number of rotatable bonds is 37. The molecule has 0 aliphatic carbocycles. The highest BCUT2D eigenvalue weighted by molar-refractivity contribution is 6.00. The first-order valence-corrected chi connectivity index (χ1v) is 36.8. The summed E-state index contributed by atoms with van der Waals surface area (Å²) >= 11 is 0. The fraction of sp³-hybridized carbons (Fsp3) is 0.550. The molecule has 3 N–H and O–H groups in total. The Balaban J connectivity index is 0.000000348. The lowest BCUT2D eigenvalue weighted by molar-refractivity contribution is -0.146. The van der Waals surface area contributed by atoms with Gasteiger partial charge in [-0.1, -0.05) is 108 Å². The number of esters is 3. The van der Waals surface area contributed by atoms with Crippen LogP contribution in [0.4, 0.5) is 0 Å². The highest BCUT2D eigenvalue weighted by atomic mass is 16.5. The lowest BCUT2D eigenvalue weighted by Crippen LogP contribution is -2.49. The molecular formula is C80H118N12O18. The first kappa shape index (κ1) is 91.7. The molecular weight excluding hydrogens is 1420 g/mol. The minimum absolute atomic E-state index is 0.0505. The van der Waals surface area contributed by atoms with Crippen LogP contribution in [0.2, 0.25) is 0 Å². The molecule has 0 fully saturated rings. The SMILES string of the molecule is CCC(C)Cn1nc(C(=O)N[C@@H](CC(C)C)C(=O)N(C)CC(=O)OC)cc1-c1c(OC)cccc1OC.COC(=O)CN(C)C(=O)[C@H](CC(C)C)NC(=O)c1cc(-c2c(OC)cccc2OC)n(C(C)C(C)C)n1.COC(=O)CN(C)C(=O)[C@H](CC(C)C)NC(=O)c1cc(-c2c(OC)cccc2OC)n(CC(C)C)n1. The van der Waals surface area contributed by atoms with Gasteiger partial charge in [0.05, 0.1) is 104 Å². The number of nitrogens with zero attached hydrogens (tertiary/aromatic N) is 9. The molecule has 30 nitrogen and oxygen atoms in total. The number of carbonyl (C=O) groups excluding carboxylic acids is 9. The molecule has 3 aromatic heterocycles. The van der Waals surface area contributed by atoms with E-state index in [2.05, 4.69) is 87.0 Å². The third kappa shape index (κ3) is 25.7. The zero-order valence-corrected chi connectivity index (χ0v) is 68.9. The van der Waals surface area contributed by atoms with E-state index in [1.54, 1.807) is 74.9 Å². The number of likely N-dealkylation sites (N-methyl/N-ethyl adjacent to an activating group) is 3. The Morgan fingerprint density at radius 3 is 0.918 bits per heavy atom. The number of hydrogen-bond acceptors (Lipinski definition) is 21. The predicted octanol–water partition coefficient (Wildman–Crippen LogP) is 9.95. The maximum absolute atomic E-state index is 13.4. The van der Waals surface area contributed by atoms with Crippen LogP contribution in [0.5, 0.6) is 34.5 Å². The van der Waals surface area contributed by atoms with Crippen LogP contribution >= 0.6 is 0 Å². The Kier molecular flexibility index (Phi) is 36.8. The summed E-state index contributed by atoms with van der Waals surface area (Å²) in [5.41, 5.74) is 4.55. The van der Waals surface area contributed by atoms with Crippen molar-refractivity contribution in [2.24, 2.45) is 35.5 Å². The number of benzene rings is 3. The minimum atomic E-state index is -0.834. The molecule has 0 saturated carbocycles. The highest BCUT2D eigenvalue weighted by Crippen LogP contribution is 2.42. The van der Waals surface area contributed by atoms with Crippen LogP contribution in [0, 0.1) is 35.5 Å². The Morgan fingerprint density at radius 1 is 0.391 bits per heavy atom. The van der Waals surface area contributed by atoms with Crippen LogP contribution in [0.15, 0.2) is 72.8 Å². The van der Waals surface area contributed by atoms with Crippen molar-refractivity contribution < 1.29 is 85.8 Å². The molecule has 3 aromatic carbocycles. The third-order valence-electron chi connectivity index (χ3n) is 18.0. The van der Waals surface area contributed by atoms with Gasteiger partial charge in [0, 0.05) is 34.2 Å². The zero-order valence-electron chi connectivity index (χ0n) is 68.9. The fourth-order valence-electron chi connectivity index (χ4n) is 11.7. The minimum Gasteiger partial charge on any atom is -0.496 e. The summed E-state index contributed by atoms with van der Waals surface area (Å²) in [6.45, 7) is 26.7. The summed E-state index contributed by atoms with van der Waals surface area (Å²) in [7, 11) is 17.7. The number of amides is 6. The van der Waals surface area contributed by atoms with Crippen molar-refractivity contribution in [2.45, 2.75) is 153 Å². The van der Waals surface area contributed by atoms with Crippen molar-refractivity contribution in [3.63, 3.8) is 0 Å². The smallest absolute Gasteiger partial charge is 0.325 e. The summed E-state index contributed by atoms with van der Waals surface area (Å²) in [5.74, 6) is 0.450. The summed E-state index contributed by atoms with van der Waals surface area (Å²) in [6, 6.07) is 18.9. The van der Waals surface area contributed by atoms with Crippen LogP contribution in [0.25, 0.3) is 33.8 Å². The van der Waals surface area contributed by atoms with Gasteiger partial charge in [-0.3, -0.25) is 57.2 Å². The number of nitrogens with one attached hydrogen (secondary N) is 3. The van der Waals surface area contributed by atoms with Gasteiger partial charge in [0.25, 0.3) is 17.7 Å². The van der Waals surface area contributed by atoms with E-state index in [1.165, 1.54) is 57.2 Å². The molecule has 0 radical (unpaired) electrons. The van der Waals surface area contributed by atoms with Crippen LogP contribution in [0.3, 0.4) is 0 Å². The number of aromatic nitrogens is 6. The molecule has 0 spiro atoms. The van der Waals surface area contributed by atoms with Crippen LogP contribution in [0.1, 0.15) is 153 Å². The molecule has 110 heavy (non-hydrogen) atoms. The average molecular weight is 1540 g/mol. The van der Waals surface area contributed by atoms with E-state index in [0.717, 1.165) is 6.42 Å². The Labute approximate surface area is 647 Å². The maximum Gasteiger partial charge on any atom is 0.325 e. The largest absolute Gasteiger partial charge is 0.496 e. The van der Waals surface area contributed by atoms with Gasteiger partial charge < -0.3 is 73.3 Å². The molecule has 0 saturated heterocycles. The number of ether oxygens (including phenoxy) is 9. The first-order valence-electron chi connectivity index (χ1n) is 36.8. The molecule has 606 valence electrons. The van der Waals surface area contributed by atoms with Crippen LogP contribution < -0.4 is 44.4 Å². The number of methoxy groups -OCH3 is 9. The Hall–Kier alpha value is -10.7. The Bertz CT molecular complexity index is 3980. The molecule has 2 unspecified atom stereocenters. The van der Waals surface area contributed by atoms with E-state index in [9.17, 15) is 43.2 Å². The van der Waals surface area contributed by atoms with Gasteiger partial charge in [0.15, 0.2) is 17.1 Å². The highest BCUT2D eigenvalue weighted by Gasteiger charge is 2.34. The van der Waals surface area contributed by atoms with Gasteiger partial charge in [-0.2, -0.15) is 15.3 Å². The van der Waals surface area contributed by atoms with E-state index in [0.29, 0.717) is 107 Å². The number of carbonyl (C=O) groups is 9. The molecule has 5 atom stereocenters. The summed E-state index contributed by atoms with van der Waals surface area (Å²) < 4.78 is 52.9. The van der Waals surface area contributed by atoms with Gasteiger partial charge in [-0.15, -0.1) is 0 Å². The van der Waals surface area contributed by atoms with Crippen molar-refractivity contribution in [3.8, 4) is 68.3 Å². The molecule has 30 heteroatoms. The first-order chi connectivity index (χ1) is 52.0. The van der Waals surface area contributed by atoms with Gasteiger partial charge in [-0.25, -0.2) is 0 Å². The van der Waals surface area contributed by atoms with Crippen molar-refractivity contribution in [1.82, 2.24) is 60.0 Å². The van der Waals surface area contributed by atoms with E-state index < -0.39 is 53.8 Å². The summed E-state index contributed by atoms with van der Waals surface area (Å²) in [5, 5.41) is 22.3. The molecule has 3 heterocycles. The summed E-state index contributed by atoms with van der Waals surface area (Å²) in [4.78, 5) is 118. The molecule has 0 bridgehead atoms. The van der Waals surface area contributed by atoms with Crippen LogP contribution in [-0.2, 0) is 56.1 Å². The predicted molar refractivity (Wildman–Crippen MR) is 417 cm³/mol. The number of hydrogen-bond donors (Lipinski definition) is 3. The fourth-order valence-corrected chi connectivity index (χ4v) is 11.7. The van der Waals surface area contributed by atoms with Gasteiger partial charge >= 0.3 is 17.9 Å². The molecule has 6 rings (SSSR count). The van der Waals surface area contributed by atoms with Gasteiger partial charge in [-0.05, 0) is 116 Å². The maximum atomic E-state index is 13.4. The lowest BCUT2D eigenvalue weighted by atomic mass is 10.0. The molecule has 6 amide bonds. The van der Waals surface area contributed by atoms with E-state index >= 15 is 0 Å². The van der Waals surface area contributed by atoms with E-state index in [4.69, 9.17) is 28.4 Å². The summed E-state index contributed by atoms with van der Waals surface area (Å²) in [6.07, 6.45) is 2.13. The van der Waals surface area contributed by atoms with Crippen molar-refractivity contribution >= 4 is 53.4 Å². The second-order valence-corrected chi connectivity index (χ2v) is 28.8. The van der Waals surface area contributed by atoms with Gasteiger partial charge in [0.1, 0.15) is 72.3 Å². The Morgan fingerprint density at radius 2 is 0.664 bits per heavy atom. The second kappa shape index (κ2) is 44.1. The molecule has 6 aromatic rings. The van der Waals surface area contributed by atoms with Crippen molar-refractivity contribution in [3.05, 3.63) is 89.9 Å². The monoisotopic (exact) mass is 1530 g/mol. The molecule has 0 aliphatic heterocycles. The standard InChI is InChI=1S/2C27H40N4O6.C26H38N4O6/c1-16(2)13-20(27(34)30(6)15-24(32)37-9)28-26(33)19-14-21(31(29-19)18(5)17(3)4)25-22(35-7)11-10-12-23(25)36-8;1-9-18(4)15-31-21(25-22(35-6)11-10-12-23(25)36-7)14-19(29-31)26(33)28-20(13-17(2)3)27(34)30(5)16-24(32)37-8;1-16(2)12-19(26(33)29(5)15-23(31)36-8)27-25(32)18-13-20(30(28-18)14-17(3)4)24-21(34-6)10-9-11-22(24)35-7/h10-12,14,16-18,20H,13,15H2,1-9H3,(H,28,33);10-12,14,17-18,20H,9,13,15-16H2,1-8H3,(H,28,33);9-11,13,16-17,19H,12,14-15H2,1-8H3,(H,27,32)/t2*18?,20-;19-/m000/s1.